The van der Waals surface area contributed by atoms with Gasteiger partial charge in [0.05, 0.1) is 17.3 Å². The van der Waals surface area contributed by atoms with Gasteiger partial charge < -0.3 is 4.90 Å². The number of hydrogen-bond acceptors (Lipinski definition) is 4. The molecule has 8 heteroatoms. The van der Waals surface area contributed by atoms with Gasteiger partial charge in [0, 0.05) is 23.7 Å². The molecule has 1 fully saturated rings. The zero-order chi connectivity index (χ0) is 20.2. The van der Waals surface area contributed by atoms with Gasteiger partial charge in [-0.15, -0.1) is 10.2 Å². The molecule has 0 saturated carbocycles. The third-order valence-corrected chi connectivity index (χ3v) is 6.36. The van der Waals surface area contributed by atoms with Gasteiger partial charge in [-0.3, -0.25) is 9.36 Å². The number of likely N-dealkylation sites (tertiary alicyclic amines) is 1. The first-order chi connectivity index (χ1) is 14.1. The number of benzene rings is 2. The Hall–Kier alpha value is -2.02. The van der Waals surface area contributed by atoms with E-state index in [1.54, 1.807) is 12.1 Å². The van der Waals surface area contributed by atoms with E-state index in [1.807, 2.05) is 33.7 Å². The van der Waals surface area contributed by atoms with Crippen LogP contribution in [0.2, 0.25) is 10.0 Å². The van der Waals surface area contributed by atoms with Crippen molar-refractivity contribution in [3.63, 3.8) is 0 Å². The smallest absolute Gasteiger partial charge is 0.233 e. The highest BCUT2D eigenvalue weighted by atomic mass is 35.5. The van der Waals surface area contributed by atoms with E-state index in [4.69, 9.17) is 23.2 Å². The molecule has 5 nitrogen and oxygen atoms in total. The summed E-state index contributed by atoms with van der Waals surface area (Å²) in [6.45, 7) is 2.28. The lowest BCUT2D eigenvalue weighted by molar-refractivity contribution is -0.127. The van der Waals surface area contributed by atoms with Crippen molar-refractivity contribution in [1.29, 1.82) is 0 Å². The van der Waals surface area contributed by atoms with Crippen LogP contribution in [0.15, 0.2) is 53.7 Å². The Balaban J connectivity index is 1.63. The van der Waals surface area contributed by atoms with Crippen LogP contribution in [0.3, 0.4) is 0 Å². The van der Waals surface area contributed by atoms with Crippen molar-refractivity contribution in [2.24, 2.45) is 0 Å². The minimum Gasteiger partial charge on any atom is -0.342 e. The Morgan fingerprint density at radius 2 is 1.79 bits per heavy atom. The van der Waals surface area contributed by atoms with Crippen LogP contribution in [0.4, 0.5) is 0 Å². The van der Waals surface area contributed by atoms with Crippen molar-refractivity contribution < 1.29 is 4.79 Å². The summed E-state index contributed by atoms with van der Waals surface area (Å²) in [4.78, 5) is 14.4. The van der Waals surface area contributed by atoms with Gasteiger partial charge >= 0.3 is 0 Å². The fraction of sp³-hybridized carbons (Fsp3) is 0.286. The maximum absolute atomic E-state index is 12.5. The Labute approximate surface area is 184 Å². The van der Waals surface area contributed by atoms with Crippen molar-refractivity contribution in [1.82, 2.24) is 19.7 Å². The van der Waals surface area contributed by atoms with Crippen LogP contribution < -0.4 is 0 Å². The molecule has 1 aromatic heterocycles. The summed E-state index contributed by atoms with van der Waals surface area (Å²) in [6.07, 6.45) is 2.17. The molecule has 1 aliphatic heterocycles. The minimum atomic E-state index is 0.146. The number of amides is 1. The van der Waals surface area contributed by atoms with Crippen molar-refractivity contribution in [3.05, 3.63) is 64.1 Å². The first kappa shape index (κ1) is 20.3. The van der Waals surface area contributed by atoms with Gasteiger partial charge in [0.25, 0.3) is 0 Å². The van der Waals surface area contributed by atoms with Crippen molar-refractivity contribution in [3.8, 4) is 11.4 Å². The molecule has 4 rings (SSSR count). The Bertz CT molecular complexity index is 1000. The molecule has 1 saturated heterocycles. The third-order valence-electron chi connectivity index (χ3n) is 4.86. The average molecular weight is 447 g/mol. The average Bonchev–Trinajstić information content (AvgIpc) is 3.38. The van der Waals surface area contributed by atoms with Crippen LogP contribution >= 0.6 is 35.0 Å². The van der Waals surface area contributed by atoms with Crippen molar-refractivity contribution >= 4 is 40.9 Å². The summed E-state index contributed by atoms with van der Waals surface area (Å²) in [5, 5.41) is 10.5. The summed E-state index contributed by atoms with van der Waals surface area (Å²) in [7, 11) is 0. The maximum Gasteiger partial charge on any atom is 0.233 e. The number of carbonyl (C=O) groups is 1. The van der Waals surface area contributed by atoms with Gasteiger partial charge in [-0.2, -0.15) is 0 Å². The molecule has 1 aliphatic rings. The van der Waals surface area contributed by atoms with Gasteiger partial charge in [-0.05, 0) is 36.6 Å². The standard InChI is InChI=1S/C21H20Cl2N4OS/c22-16-8-9-17(18(23)12-16)20-24-25-21(27(20)13-15-6-2-1-3-7-15)29-14-19(28)26-10-4-5-11-26/h1-3,6-9,12H,4-5,10-11,13-14H2. The van der Waals surface area contributed by atoms with E-state index in [-0.39, 0.29) is 5.91 Å². The quantitative estimate of drug-likeness (QED) is 0.499. The minimum absolute atomic E-state index is 0.146. The van der Waals surface area contributed by atoms with E-state index in [0.29, 0.717) is 33.3 Å². The van der Waals surface area contributed by atoms with E-state index in [2.05, 4.69) is 22.3 Å². The predicted molar refractivity (Wildman–Crippen MR) is 118 cm³/mol. The Morgan fingerprint density at radius 1 is 1.03 bits per heavy atom. The number of thioether (sulfide) groups is 1. The normalized spacial score (nSPS) is 13.8. The molecule has 150 valence electrons. The summed E-state index contributed by atoms with van der Waals surface area (Å²) >= 11 is 13.9. The summed E-state index contributed by atoms with van der Waals surface area (Å²) in [5.41, 5.74) is 1.88. The fourth-order valence-electron chi connectivity index (χ4n) is 3.36. The number of aromatic nitrogens is 3. The molecule has 0 atom stereocenters. The highest BCUT2D eigenvalue weighted by molar-refractivity contribution is 7.99. The molecule has 29 heavy (non-hydrogen) atoms. The molecule has 2 aromatic carbocycles. The van der Waals surface area contributed by atoms with Gasteiger partial charge in [0.2, 0.25) is 5.91 Å². The SMILES string of the molecule is O=C(CSc1nnc(-c2ccc(Cl)cc2Cl)n1Cc1ccccc1)N1CCCC1. The molecular formula is C21H20Cl2N4OS. The molecule has 0 bridgehead atoms. The van der Waals surface area contributed by atoms with Crippen molar-refractivity contribution in [2.45, 2.75) is 24.5 Å². The molecule has 0 radical (unpaired) electrons. The van der Waals surface area contributed by atoms with E-state index in [0.717, 1.165) is 37.1 Å². The molecule has 0 aliphatic carbocycles. The van der Waals surface area contributed by atoms with Crippen molar-refractivity contribution in [2.75, 3.05) is 18.8 Å². The molecule has 3 aromatic rings. The van der Waals surface area contributed by atoms with E-state index < -0.39 is 0 Å². The zero-order valence-electron chi connectivity index (χ0n) is 15.7. The number of hydrogen-bond donors (Lipinski definition) is 0. The highest BCUT2D eigenvalue weighted by Gasteiger charge is 2.21. The first-order valence-corrected chi connectivity index (χ1v) is 11.2. The first-order valence-electron chi connectivity index (χ1n) is 9.45. The Morgan fingerprint density at radius 3 is 2.52 bits per heavy atom. The van der Waals surface area contributed by atoms with Gasteiger partial charge in [-0.25, -0.2) is 0 Å². The maximum atomic E-state index is 12.5. The van der Waals surface area contributed by atoms with Crippen LogP contribution in [0, 0.1) is 0 Å². The highest BCUT2D eigenvalue weighted by Crippen LogP contribution is 2.32. The lowest BCUT2D eigenvalue weighted by atomic mass is 10.2. The molecule has 1 amide bonds. The lowest BCUT2D eigenvalue weighted by Gasteiger charge is -2.15. The summed E-state index contributed by atoms with van der Waals surface area (Å²) in [5.74, 6) is 1.15. The second-order valence-corrected chi connectivity index (χ2v) is 8.66. The van der Waals surface area contributed by atoms with Gasteiger partial charge in [-0.1, -0.05) is 65.3 Å². The largest absolute Gasteiger partial charge is 0.342 e. The Kier molecular flexibility index (Phi) is 6.43. The summed E-state index contributed by atoms with van der Waals surface area (Å²) in [6, 6.07) is 15.4. The second-order valence-electron chi connectivity index (χ2n) is 6.88. The molecule has 0 unspecified atom stereocenters. The number of carbonyl (C=O) groups excluding carboxylic acids is 1. The zero-order valence-corrected chi connectivity index (χ0v) is 18.1. The van der Waals surface area contributed by atoms with Crippen LogP contribution in [0.5, 0.6) is 0 Å². The van der Waals surface area contributed by atoms with E-state index in [1.165, 1.54) is 11.8 Å². The summed E-state index contributed by atoms with van der Waals surface area (Å²) < 4.78 is 2.01. The predicted octanol–water partition coefficient (Wildman–Crippen LogP) is 5.01. The third kappa shape index (κ3) is 4.77. The molecular weight excluding hydrogens is 427 g/mol. The number of nitrogens with zero attached hydrogens (tertiary/aromatic N) is 4. The van der Waals surface area contributed by atoms with E-state index >= 15 is 0 Å². The fourth-order valence-corrected chi connectivity index (χ4v) is 4.69. The van der Waals surface area contributed by atoms with E-state index in [9.17, 15) is 4.79 Å². The monoisotopic (exact) mass is 446 g/mol. The van der Waals surface area contributed by atoms with Gasteiger partial charge in [0.1, 0.15) is 0 Å². The van der Waals surface area contributed by atoms with Crippen LogP contribution in [-0.2, 0) is 11.3 Å². The topological polar surface area (TPSA) is 51.0 Å². The second kappa shape index (κ2) is 9.20. The molecule has 0 N–H and O–H groups in total. The van der Waals surface area contributed by atoms with Crippen LogP contribution in [0.25, 0.3) is 11.4 Å². The lowest BCUT2D eigenvalue weighted by Crippen LogP contribution is -2.29. The molecule has 0 spiro atoms. The number of halogens is 2. The van der Waals surface area contributed by atoms with Crippen LogP contribution in [0.1, 0.15) is 18.4 Å². The van der Waals surface area contributed by atoms with Gasteiger partial charge in [0.15, 0.2) is 11.0 Å². The number of rotatable bonds is 6. The van der Waals surface area contributed by atoms with Crippen LogP contribution in [-0.4, -0.2) is 44.4 Å². The molecule has 2 heterocycles.